The normalized spacial score (nSPS) is 11.0. The molecule has 0 saturated carbocycles. The lowest BCUT2D eigenvalue weighted by Gasteiger charge is -2.15. The summed E-state index contributed by atoms with van der Waals surface area (Å²) in [5, 5.41) is 17.9. The van der Waals surface area contributed by atoms with E-state index in [-0.39, 0.29) is 11.7 Å². The summed E-state index contributed by atoms with van der Waals surface area (Å²) >= 11 is 1.20. The molecule has 5 nitrogen and oxygen atoms in total. The lowest BCUT2D eigenvalue weighted by molar-refractivity contribution is -0.133. The molecule has 0 saturated heterocycles. The van der Waals surface area contributed by atoms with Crippen molar-refractivity contribution in [2.75, 3.05) is 5.75 Å². The summed E-state index contributed by atoms with van der Waals surface area (Å²) in [4.78, 5) is 10.8. The Hall–Kier alpha value is -1.82. The molecule has 0 aliphatic heterocycles. The van der Waals surface area contributed by atoms with Crippen LogP contribution >= 0.6 is 11.8 Å². The van der Waals surface area contributed by atoms with E-state index in [1.807, 2.05) is 22.8 Å². The summed E-state index contributed by atoms with van der Waals surface area (Å²) in [7, 11) is 0. The molecule has 0 radical (unpaired) electrons. The number of carboxylic acids is 1. The van der Waals surface area contributed by atoms with E-state index in [0.29, 0.717) is 5.16 Å². The van der Waals surface area contributed by atoms with Gasteiger partial charge in [0.2, 0.25) is 0 Å². The molecule has 2 rings (SSSR count). The molecule has 21 heavy (non-hydrogen) atoms. The number of carboxylic acid groups (broad SMARTS) is 1. The van der Waals surface area contributed by atoms with Gasteiger partial charge in [0.05, 0.1) is 11.4 Å². The third kappa shape index (κ3) is 3.44. The maximum atomic E-state index is 10.8. The predicted octanol–water partition coefficient (Wildman–Crippen LogP) is 3.13. The molecule has 0 atom stereocenters. The smallest absolute Gasteiger partial charge is 0.313 e. The third-order valence-electron chi connectivity index (χ3n) is 3.11. The van der Waals surface area contributed by atoms with Gasteiger partial charge in [0.25, 0.3) is 0 Å². The fourth-order valence-electron chi connectivity index (χ4n) is 2.13. The Kier molecular flexibility index (Phi) is 5.01. The molecule has 1 heterocycles. The second-order valence-corrected chi connectivity index (χ2v) is 5.94. The lowest BCUT2D eigenvalue weighted by Crippen LogP contribution is -2.08. The zero-order valence-corrected chi connectivity index (χ0v) is 13.2. The monoisotopic (exact) mass is 305 g/mol. The molecular weight excluding hydrogens is 286 g/mol. The van der Waals surface area contributed by atoms with E-state index in [1.165, 1.54) is 17.3 Å². The summed E-state index contributed by atoms with van der Waals surface area (Å²) in [5.74, 6) is 0.180. The highest BCUT2D eigenvalue weighted by atomic mass is 32.2. The van der Waals surface area contributed by atoms with Crippen LogP contribution in [0.15, 0.2) is 29.4 Å². The number of benzene rings is 1. The zero-order valence-electron chi connectivity index (χ0n) is 12.4. The Morgan fingerprint density at radius 1 is 1.33 bits per heavy atom. The number of carbonyl (C=O) groups is 1. The van der Waals surface area contributed by atoms with Gasteiger partial charge in [0.1, 0.15) is 5.82 Å². The SMILES string of the molecule is CCc1ccccc1-n1c(SCC(=O)O)nnc1C(C)C. The standard InChI is InChI=1S/C15H19N3O2S/c1-4-11-7-5-6-8-12(11)18-14(10(2)3)16-17-15(18)21-9-13(19)20/h5-8,10H,4,9H2,1-3H3,(H,19,20). The molecule has 0 bridgehead atoms. The summed E-state index contributed by atoms with van der Waals surface area (Å²) < 4.78 is 1.98. The molecular formula is C15H19N3O2S. The molecule has 2 aromatic rings. The molecule has 6 heteroatoms. The fraction of sp³-hybridized carbons (Fsp3) is 0.400. The van der Waals surface area contributed by atoms with Crippen molar-refractivity contribution in [3.8, 4) is 5.69 Å². The van der Waals surface area contributed by atoms with Crippen molar-refractivity contribution in [3.05, 3.63) is 35.7 Å². The van der Waals surface area contributed by atoms with Crippen molar-refractivity contribution in [2.45, 2.75) is 38.3 Å². The minimum atomic E-state index is -0.857. The highest BCUT2D eigenvalue weighted by Crippen LogP contribution is 2.27. The van der Waals surface area contributed by atoms with Gasteiger partial charge in [0, 0.05) is 5.92 Å². The van der Waals surface area contributed by atoms with Crippen molar-refractivity contribution in [1.82, 2.24) is 14.8 Å². The van der Waals surface area contributed by atoms with Crippen LogP contribution in [0.5, 0.6) is 0 Å². The second kappa shape index (κ2) is 6.76. The fourth-order valence-corrected chi connectivity index (χ4v) is 2.80. The van der Waals surface area contributed by atoms with Gasteiger partial charge < -0.3 is 5.11 Å². The molecule has 0 aliphatic carbocycles. The second-order valence-electron chi connectivity index (χ2n) is 5.00. The number of rotatable bonds is 6. The van der Waals surface area contributed by atoms with Crippen LogP contribution in [0.2, 0.25) is 0 Å². The van der Waals surface area contributed by atoms with Gasteiger partial charge in [-0.1, -0.05) is 50.7 Å². The van der Waals surface area contributed by atoms with Crippen LogP contribution < -0.4 is 0 Å². The van der Waals surface area contributed by atoms with Crippen molar-refractivity contribution >= 4 is 17.7 Å². The number of aliphatic carboxylic acids is 1. The zero-order chi connectivity index (χ0) is 15.4. The van der Waals surface area contributed by atoms with E-state index in [4.69, 9.17) is 5.11 Å². The van der Waals surface area contributed by atoms with Crippen LogP contribution in [-0.2, 0) is 11.2 Å². The molecule has 1 aromatic heterocycles. The van der Waals surface area contributed by atoms with Crippen molar-refractivity contribution in [1.29, 1.82) is 0 Å². The Bertz CT molecular complexity index is 638. The summed E-state index contributed by atoms with van der Waals surface area (Å²) in [6.45, 7) is 6.21. The Labute approximate surface area is 128 Å². The summed E-state index contributed by atoms with van der Waals surface area (Å²) in [6.07, 6.45) is 0.898. The maximum Gasteiger partial charge on any atom is 0.313 e. The van der Waals surface area contributed by atoms with E-state index in [9.17, 15) is 4.79 Å². The first kappa shape index (κ1) is 15.6. The van der Waals surface area contributed by atoms with Crippen LogP contribution in [0.25, 0.3) is 5.69 Å². The molecule has 0 amide bonds. The highest BCUT2D eigenvalue weighted by Gasteiger charge is 2.19. The first-order valence-corrected chi connectivity index (χ1v) is 7.91. The third-order valence-corrected chi connectivity index (χ3v) is 4.03. The number of hydrogen-bond acceptors (Lipinski definition) is 4. The molecule has 1 aromatic carbocycles. The largest absolute Gasteiger partial charge is 0.481 e. The Morgan fingerprint density at radius 2 is 2.05 bits per heavy atom. The number of para-hydroxylation sites is 1. The topological polar surface area (TPSA) is 68.0 Å². The van der Waals surface area contributed by atoms with Gasteiger partial charge in [-0.15, -0.1) is 10.2 Å². The van der Waals surface area contributed by atoms with Crippen LogP contribution in [-0.4, -0.2) is 31.6 Å². The van der Waals surface area contributed by atoms with Gasteiger partial charge >= 0.3 is 5.97 Å². The van der Waals surface area contributed by atoms with E-state index in [0.717, 1.165) is 17.9 Å². The van der Waals surface area contributed by atoms with Crippen molar-refractivity contribution in [2.24, 2.45) is 0 Å². The first-order valence-electron chi connectivity index (χ1n) is 6.92. The number of thioether (sulfide) groups is 1. The molecule has 0 unspecified atom stereocenters. The molecule has 0 aliphatic rings. The van der Waals surface area contributed by atoms with Gasteiger partial charge in [-0.25, -0.2) is 0 Å². The molecule has 112 valence electrons. The van der Waals surface area contributed by atoms with E-state index in [1.54, 1.807) is 0 Å². The van der Waals surface area contributed by atoms with Crippen LogP contribution in [0, 0.1) is 0 Å². The predicted molar refractivity (Wildman–Crippen MR) is 83.2 cm³/mol. The highest BCUT2D eigenvalue weighted by molar-refractivity contribution is 7.99. The van der Waals surface area contributed by atoms with E-state index >= 15 is 0 Å². The lowest BCUT2D eigenvalue weighted by atomic mass is 10.1. The van der Waals surface area contributed by atoms with Crippen LogP contribution in [0.4, 0.5) is 0 Å². The van der Waals surface area contributed by atoms with E-state index < -0.39 is 5.97 Å². The van der Waals surface area contributed by atoms with E-state index in [2.05, 4.69) is 37.0 Å². The Balaban J connectivity index is 2.53. The minimum Gasteiger partial charge on any atom is -0.481 e. The van der Waals surface area contributed by atoms with Crippen LogP contribution in [0.3, 0.4) is 0 Å². The number of hydrogen-bond donors (Lipinski definition) is 1. The summed E-state index contributed by atoms with van der Waals surface area (Å²) in [5.41, 5.74) is 2.22. The number of aromatic nitrogens is 3. The van der Waals surface area contributed by atoms with Crippen molar-refractivity contribution < 1.29 is 9.90 Å². The summed E-state index contributed by atoms with van der Waals surface area (Å²) in [6, 6.07) is 8.08. The quantitative estimate of drug-likeness (QED) is 0.830. The molecule has 0 fully saturated rings. The van der Waals surface area contributed by atoms with Gasteiger partial charge in [-0.3, -0.25) is 9.36 Å². The maximum absolute atomic E-state index is 10.8. The first-order chi connectivity index (χ1) is 10.0. The minimum absolute atomic E-state index is 0.0233. The van der Waals surface area contributed by atoms with Gasteiger partial charge in [-0.05, 0) is 18.1 Å². The van der Waals surface area contributed by atoms with Gasteiger partial charge in [-0.2, -0.15) is 0 Å². The van der Waals surface area contributed by atoms with Gasteiger partial charge in [0.15, 0.2) is 5.16 Å². The Morgan fingerprint density at radius 3 is 2.67 bits per heavy atom. The average molecular weight is 305 g/mol. The average Bonchev–Trinajstić information content (AvgIpc) is 2.88. The molecule has 0 spiro atoms. The van der Waals surface area contributed by atoms with Crippen LogP contribution in [0.1, 0.15) is 38.1 Å². The van der Waals surface area contributed by atoms with Crippen molar-refractivity contribution in [3.63, 3.8) is 0 Å². The number of nitrogens with zero attached hydrogens (tertiary/aromatic N) is 3. The molecule has 1 N–H and O–H groups in total. The number of aryl methyl sites for hydroxylation is 1.